The van der Waals surface area contributed by atoms with Gasteiger partial charge in [0, 0.05) is 30.4 Å². The standard InChI is InChI=1S/C20H22N4O3/c1-13(25)18-7-8-21-24(18)12-14-9-16(10-14)22-20(26)19-11-17(23-27-19)15-5-3-2-4-6-15/h2-8,11,13-14,16,25H,9-10,12H2,1H3,(H,22,26)/t13-,14?,16?/m0/s1. The van der Waals surface area contributed by atoms with Gasteiger partial charge in [0.1, 0.15) is 5.69 Å². The molecular weight excluding hydrogens is 344 g/mol. The first-order valence-corrected chi connectivity index (χ1v) is 9.13. The Morgan fingerprint density at radius 1 is 1.33 bits per heavy atom. The molecule has 4 rings (SSSR count). The molecule has 1 aliphatic carbocycles. The van der Waals surface area contributed by atoms with Crippen LogP contribution in [0, 0.1) is 5.92 Å². The van der Waals surface area contributed by atoms with Crippen molar-refractivity contribution in [1.29, 1.82) is 0 Å². The Balaban J connectivity index is 1.29. The van der Waals surface area contributed by atoms with Gasteiger partial charge in [0.05, 0.1) is 11.8 Å². The van der Waals surface area contributed by atoms with Crippen LogP contribution in [0.15, 0.2) is 53.2 Å². The summed E-state index contributed by atoms with van der Waals surface area (Å²) in [5, 5.41) is 21.0. The van der Waals surface area contributed by atoms with Crippen LogP contribution in [0.2, 0.25) is 0 Å². The maximum atomic E-state index is 12.4. The lowest BCUT2D eigenvalue weighted by atomic mass is 9.80. The molecule has 1 atom stereocenters. The molecule has 0 saturated heterocycles. The molecule has 1 aromatic carbocycles. The summed E-state index contributed by atoms with van der Waals surface area (Å²) < 4.78 is 7.04. The van der Waals surface area contributed by atoms with E-state index in [9.17, 15) is 9.90 Å². The van der Waals surface area contributed by atoms with E-state index >= 15 is 0 Å². The van der Waals surface area contributed by atoms with Gasteiger partial charge in [0.2, 0.25) is 5.76 Å². The number of carbonyl (C=O) groups is 1. The van der Waals surface area contributed by atoms with Gasteiger partial charge < -0.3 is 14.9 Å². The molecule has 1 fully saturated rings. The van der Waals surface area contributed by atoms with Crippen molar-refractivity contribution in [1.82, 2.24) is 20.3 Å². The normalized spacial score (nSPS) is 20.1. The number of nitrogens with zero attached hydrogens (tertiary/aromatic N) is 3. The molecule has 0 spiro atoms. The molecular formula is C20H22N4O3. The van der Waals surface area contributed by atoms with Crippen molar-refractivity contribution in [3.05, 3.63) is 60.1 Å². The van der Waals surface area contributed by atoms with E-state index in [2.05, 4.69) is 15.6 Å². The second kappa shape index (κ2) is 7.36. The molecule has 2 N–H and O–H groups in total. The SMILES string of the molecule is C[C@H](O)c1ccnn1CC1CC(NC(=O)c2cc(-c3ccccc3)no2)C1. The molecule has 7 heteroatoms. The van der Waals surface area contributed by atoms with Gasteiger partial charge in [0.15, 0.2) is 0 Å². The maximum Gasteiger partial charge on any atom is 0.290 e. The fourth-order valence-electron chi connectivity index (χ4n) is 3.48. The van der Waals surface area contributed by atoms with Crippen LogP contribution in [0.4, 0.5) is 0 Å². The molecule has 0 bridgehead atoms. The maximum absolute atomic E-state index is 12.4. The highest BCUT2D eigenvalue weighted by Crippen LogP contribution is 2.30. The highest BCUT2D eigenvalue weighted by atomic mass is 16.5. The van der Waals surface area contributed by atoms with Crippen LogP contribution >= 0.6 is 0 Å². The number of amides is 1. The fourth-order valence-corrected chi connectivity index (χ4v) is 3.48. The van der Waals surface area contributed by atoms with E-state index in [1.165, 1.54) is 0 Å². The van der Waals surface area contributed by atoms with Gasteiger partial charge in [-0.3, -0.25) is 9.48 Å². The Morgan fingerprint density at radius 2 is 2.11 bits per heavy atom. The molecule has 0 unspecified atom stereocenters. The second-order valence-corrected chi connectivity index (χ2v) is 7.06. The minimum absolute atomic E-state index is 0.123. The number of rotatable bonds is 6. The van der Waals surface area contributed by atoms with Crippen molar-refractivity contribution in [2.24, 2.45) is 5.92 Å². The molecule has 1 aliphatic rings. The summed E-state index contributed by atoms with van der Waals surface area (Å²) in [6.07, 6.45) is 2.93. The summed E-state index contributed by atoms with van der Waals surface area (Å²) in [4.78, 5) is 12.4. The van der Waals surface area contributed by atoms with Crippen LogP contribution < -0.4 is 5.32 Å². The van der Waals surface area contributed by atoms with Gasteiger partial charge in [-0.2, -0.15) is 5.10 Å². The zero-order valence-corrected chi connectivity index (χ0v) is 15.1. The summed E-state index contributed by atoms with van der Waals surface area (Å²) >= 11 is 0. The zero-order valence-electron chi connectivity index (χ0n) is 15.1. The summed E-state index contributed by atoms with van der Waals surface area (Å²) in [6, 6.07) is 13.2. The number of aromatic nitrogens is 3. The van der Waals surface area contributed by atoms with E-state index < -0.39 is 6.10 Å². The molecule has 2 aromatic heterocycles. The third-order valence-corrected chi connectivity index (χ3v) is 4.98. The Bertz CT molecular complexity index is 910. The number of nitrogens with one attached hydrogen (secondary N) is 1. The van der Waals surface area contributed by atoms with Crippen molar-refractivity contribution in [2.45, 2.75) is 38.5 Å². The van der Waals surface area contributed by atoms with Crippen LogP contribution in [-0.4, -0.2) is 32.0 Å². The van der Waals surface area contributed by atoms with Gasteiger partial charge in [-0.25, -0.2) is 0 Å². The van der Waals surface area contributed by atoms with E-state index in [0.717, 1.165) is 30.6 Å². The number of aliphatic hydroxyl groups is 1. The molecule has 27 heavy (non-hydrogen) atoms. The molecule has 1 amide bonds. The highest BCUT2D eigenvalue weighted by molar-refractivity contribution is 5.92. The van der Waals surface area contributed by atoms with Gasteiger partial charge in [-0.15, -0.1) is 0 Å². The second-order valence-electron chi connectivity index (χ2n) is 7.06. The Hall–Kier alpha value is -2.93. The Morgan fingerprint density at radius 3 is 2.85 bits per heavy atom. The summed E-state index contributed by atoms with van der Waals surface area (Å²) in [5.74, 6) is 0.417. The molecule has 7 nitrogen and oxygen atoms in total. The van der Waals surface area contributed by atoms with Crippen LogP contribution in [0.1, 0.15) is 42.1 Å². The molecule has 2 heterocycles. The number of carbonyl (C=O) groups excluding carboxylic acids is 1. The minimum Gasteiger partial charge on any atom is -0.387 e. The number of hydrogen-bond acceptors (Lipinski definition) is 5. The number of aliphatic hydroxyl groups excluding tert-OH is 1. The zero-order chi connectivity index (χ0) is 18.8. The largest absolute Gasteiger partial charge is 0.387 e. The predicted octanol–water partition coefficient (Wildman–Crippen LogP) is 2.80. The lowest BCUT2D eigenvalue weighted by Crippen LogP contribution is -2.45. The molecule has 0 radical (unpaired) electrons. The topological polar surface area (TPSA) is 93.2 Å². The first kappa shape index (κ1) is 17.5. The van der Waals surface area contributed by atoms with Crippen molar-refractivity contribution < 1.29 is 14.4 Å². The van der Waals surface area contributed by atoms with Crippen molar-refractivity contribution in [2.75, 3.05) is 0 Å². The van der Waals surface area contributed by atoms with E-state index in [0.29, 0.717) is 11.6 Å². The number of hydrogen-bond donors (Lipinski definition) is 2. The quantitative estimate of drug-likeness (QED) is 0.700. The van der Waals surface area contributed by atoms with Gasteiger partial charge in [0.25, 0.3) is 5.91 Å². The van der Waals surface area contributed by atoms with Crippen LogP contribution in [0.25, 0.3) is 11.3 Å². The monoisotopic (exact) mass is 366 g/mol. The predicted molar refractivity (Wildman–Crippen MR) is 98.8 cm³/mol. The third-order valence-electron chi connectivity index (χ3n) is 4.98. The van der Waals surface area contributed by atoms with Crippen molar-refractivity contribution >= 4 is 5.91 Å². The summed E-state index contributed by atoms with van der Waals surface area (Å²) in [5.41, 5.74) is 2.38. The van der Waals surface area contributed by atoms with E-state index in [-0.39, 0.29) is 17.7 Å². The van der Waals surface area contributed by atoms with E-state index in [4.69, 9.17) is 4.52 Å². The smallest absolute Gasteiger partial charge is 0.290 e. The lowest BCUT2D eigenvalue weighted by Gasteiger charge is -2.35. The van der Waals surface area contributed by atoms with E-state index in [1.54, 1.807) is 19.2 Å². The molecule has 140 valence electrons. The summed E-state index contributed by atoms with van der Waals surface area (Å²) in [6.45, 7) is 2.48. The minimum atomic E-state index is -0.534. The fraction of sp³-hybridized carbons (Fsp3) is 0.350. The van der Waals surface area contributed by atoms with Gasteiger partial charge in [-0.1, -0.05) is 35.5 Å². The van der Waals surface area contributed by atoms with Crippen molar-refractivity contribution in [3.8, 4) is 11.3 Å². The first-order valence-electron chi connectivity index (χ1n) is 9.13. The molecule has 3 aromatic rings. The highest BCUT2D eigenvalue weighted by Gasteiger charge is 2.32. The summed E-state index contributed by atoms with van der Waals surface area (Å²) in [7, 11) is 0. The average Bonchev–Trinajstić information content (AvgIpc) is 3.30. The Kier molecular flexibility index (Phi) is 4.77. The first-order chi connectivity index (χ1) is 13.1. The van der Waals surface area contributed by atoms with Crippen molar-refractivity contribution in [3.63, 3.8) is 0 Å². The van der Waals surface area contributed by atoms with Gasteiger partial charge >= 0.3 is 0 Å². The van der Waals surface area contributed by atoms with Crippen LogP contribution in [0.3, 0.4) is 0 Å². The van der Waals surface area contributed by atoms with Crippen LogP contribution in [-0.2, 0) is 6.54 Å². The Labute approximate surface area is 157 Å². The van der Waals surface area contributed by atoms with Gasteiger partial charge in [-0.05, 0) is 31.7 Å². The lowest BCUT2D eigenvalue weighted by molar-refractivity contribution is 0.0840. The van der Waals surface area contributed by atoms with Crippen LogP contribution in [0.5, 0.6) is 0 Å². The molecule has 0 aliphatic heterocycles. The number of benzene rings is 1. The third kappa shape index (κ3) is 3.78. The molecule has 1 saturated carbocycles. The average molecular weight is 366 g/mol. The van der Waals surface area contributed by atoms with E-state index in [1.807, 2.05) is 41.1 Å².